The van der Waals surface area contributed by atoms with Crippen molar-refractivity contribution in [3.8, 4) is 0 Å². The zero-order valence-corrected chi connectivity index (χ0v) is 33.3. The minimum Gasteiger partial charge on any atom is -0.469 e. The molecule has 5 rings (SSSR count). The van der Waals surface area contributed by atoms with Gasteiger partial charge in [0.05, 0.1) is 12.5 Å². The highest BCUT2D eigenvalue weighted by Crippen LogP contribution is 2.77. The molecule has 8 heteroatoms. The smallest absolute Gasteiger partial charge is 0.305 e. The third-order valence-electron chi connectivity index (χ3n) is 16.2. The van der Waals surface area contributed by atoms with Gasteiger partial charge in [-0.05, 0) is 128 Å². The second-order valence-electron chi connectivity index (χ2n) is 18.7. The average molecular weight is 712 g/mol. The van der Waals surface area contributed by atoms with Crippen molar-refractivity contribution in [2.75, 3.05) is 20.3 Å². The molecular formula is C43H69NO7. The molecule has 5 aliphatic carbocycles. The monoisotopic (exact) mass is 712 g/mol. The number of amides is 1. The standard InChI is InChI=1S/C43H69NO7/c1-28(27-50-29(2)45)31-18-23-43(38(48)44-26-14-12-10-11-13-15-36(47)49-9)25-24-41(7)32(37(31)43)16-17-34-40(6)21-20-35(51-30(3)46)39(4,5)33(40)19-22-42(34,41)8/h31-35,37H,1,10-27H2,2-9H3,(H,44,48)/t31-,32+,33-,34?,35?,37+,40-,41+,42+,43-/m0/s1. The van der Waals surface area contributed by atoms with E-state index in [1.165, 1.54) is 14.0 Å². The van der Waals surface area contributed by atoms with Gasteiger partial charge >= 0.3 is 17.9 Å². The van der Waals surface area contributed by atoms with Crippen LogP contribution in [0.4, 0.5) is 0 Å². The summed E-state index contributed by atoms with van der Waals surface area (Å²) >= 11 is 0. The first-order valence-corrected chi connectivity index (χ1v) is 20.3. The lowest BCUT2D eigenvalue weighted by molar-refractivity contribution is -0.249. The summed E-state index contributed by atoms with van der Waals surface area (Å²) < 4.78 is 16.2. The van der Waals surface area contributed by atoms with Crippen LogP contribution in [0.2, 0.25) is 0 Å². The second-order valence-corrected chi connectivity index (χ2v) is 18.7. The Hall–Kier alpha value is -2.38. The summed E-state index contributed by atoms with van der Waals surface area (Å²) in [7, 11) is 1.43. The van der Waals surface area contributed by atoms with Crippen LogP contribution in [-0.2, 0) is 33.4 Å². The molecule has 0 radical (unpaired) electrons. The number of methoxy groups -OCH3 is 1. The van der Waals surface area contributed by atoms with Crippen molar-refractivity contribution in [3.05, 3.63) is 12.2 Å². The molecule has 1 amide bonds. The van der Waals surface area contributed by atoms with Gasteiger partial charge < -0.3 is 19.5 Å². The van der Waals surface area contributed by atoms with Crippen LogP contribution < -0.4 is 5.32 Å². The molecule has 10 atom stereocenters. The summed E-state index contributed by atoms with van der Waals surface area (Å²) in [5.41, 5.74) is 0.833. The highest BCUT2D eigenvalue weighted by molar-refractivity contribution is 5.84. The molecule has 5 aliphatic rings. The van der Waals surface area contributed by atoms with E-state index >= 15 is 0 Å². The fourth-order valence-electron chi connectivity index (χ4n) is 13.5. The van der Waals surface area contributed by atoms with E-state index in [9.17, 15) is 19.2 Å². The molecule has 5 saturated carbocycles. The fraction of sp³-hybridized carbons (Fsp3) is 0.860. The van der Waals surface area contributed by atoms with Crippen molar-refractivity contribution >= 4 is 23.8 Å². The highest BCUT2D eigenvalue weighted by atomic mass is 16.5. The molecule has 0 heterocycles. The lowest BCUT2D eigenvalue weighted by Crippen LogP contribution is -2.67. The van der Waals surface area contributed by atoms with E-state index in [4.69, 9.17) is 14.2 Å². The number of ether oxygens (including phenoxy) is 3. The van der Waals surface area contributed by atoms with Gasteiger partial charge in [-0.25, -0.2) is 0 Å². The lowest BCUT2D eigenvalue weighted by atomic mass is 9.32. The van der Waals surface area contributed by atoms with Crippen LogP contribution in [0.15, 0.2) is 12.2 Å². The molecular weight excluding hydrogens is 642 g/mol. The van der Waals surface area contributed by atoms with E-state index in [-0.39, 0.29) is 70.0 Å². The Balaban J connectivity index is 1.36. The first kappa shape index (κ1) is 39.8. The molecule has 0 aromatic rings. The van der Waals surface area contributed by atoms with Crippen LogP contribution in [0.25, 0.3) is 0 Å². The third kappa shape index (κ3) is 7.04. The van der Waals surface area contributed by atoms with Crippen LogP contribution >= 0.6 is 0 Å². The van der Waals surface area contributed by atoms with Crippen molar-refractivity contribution in [2.45, 2.75) is 157 Å². The van der Waals surface area contributed by atoms with Crippen LogP contribution in [0.3, 0.4) is 0 Å². The van der Waals surface area contributed by atoms with Gasteiger partial charge in [0, 0.05) is 32.2 Å². The van der Waals surface area contributed by atoms with Crippen molar-refractivity contribution in [3.63, 3.8) is 0 Å². The molecule has 0 aromatic heterocycles. The van der Waals surface area contributed by atoms with Gasteiger partial charge in [-0.1, -0.05) is 60.5 Å². The zero-order chi connectivity index (χ0) is 37.4. The van der Waals surface area contributed by atoms with Crippen molar-refractivity contribution in [2.24, 2.45) is 56.7 Å². The van der Waals surface area contributed by atoms with Crippen LogP contribution in [0, 0.1) is 56.7 Å². The largest absolute Gasteiger partial charge is 0.469 e. The Labute approximate surface area is 308 Å². The summed E-state index contributed by atoms with van der Waals surface area (Å²) in [5.74, 6) is 1.39. The Morgan fingerprint density at radius 1 is 0.745 bits per heavy atom. The molecule has 2 unspecified atom stereocenters. The van der Waals surface area contributed by atoms with E-state index in [0.717, 1.165) is 102 Å². The SMILES string of the molecule is C=C(COC(C)=O)[C@@H]1CC[C@]2(C(=O)NCCCCCCCC(=O)OC)CC[C@]3(C)[C@H](CCC4[C@@]5(C)CCC(OC(C)=O)C(C)(C)[C@@H]5CC[C@]43C)[C@@H]12. The van der Waals surface area contributed by atoms with E-state index in [1.54, 1.807) is 6.92 Å². The maximum Gasteiger partial charge on any atom is 0.305 e. The number of nitrogens with one attached hydrogen (secondary N) is 1. The number of carbonyl (C=O) groups is 4. The van der Waals surface area contributed by atoms with Gasteiger partial charge in [0.25, 0.3) is 0 Å². The molecule has 0 aromatic carbocycles. The van der Waals surface area contributed by atoms with Crippen LogP contribution in [0.1, 0.15) is 151 Å². The minimum atomic E-state index is -0.428. The quantitative estimate of drug-likeness (QED) is 0.0881. The summed E-state index contributed by atoms with van der Waals surface area (Å²) in [6.45, 7) is 20.8. The van der Waals surface area contributed by atoms with Gasteiger partial charge in [0.15, 0.2) is 0 Å². The summed E-state index contributed by atoms with van der Waals surface area (Å²) in [5, 5.41) is 3.42. The van der Waals surface area contributed by atoms with Gasteiger partial charge in [0.2, 0.25) is 5.91 Å². The number of rotatable bonds is 13. The average Bonchev–Trinajstić information content (AvgIpc) is 3.47. The Morgan fingerprint density at radius 3 is 2.14 bits per heavy atom. The first-order chi connectivity index (χ1) is 24.0. The van der Waals surface area contributed by atoms with Crippen molar-refractivity contribution in [1.82, 2.24) is 5.32 Å². The number of carbonyl (C=O) groups excluding carboxylic acids is 4. The molecule has 0 spiro atoms. The molecule has 5 fully saturated rings. The van der Waals surface area contributed by atoms with E-state index in [2.05, 4.69) is 46.5 Å². The number of unbranched alkanes of at least 4 members (excludes halogenated alkanes) is 4. The Morgan fingerprint density at radius 2 is 1.45 bits per heavy atom. The topological polar surface area (TPSA) is 108 Å². The van der Waals surface area contributed by atoms with Crippen LogP contribution in [0.5, 0.6) is 0 Å². The van der Waals surface area contributed by atoms with Crippen molar-refractivity contribution in [1.29, 1.82) is 0 Å². The maximum atomic E-state index is 14.5. The predicted octanol–water partition coefficient (Wildman–Crippen LogP) is 8.75. The van der Waals surface area contributed by atoms with Gasteiger partial charge in [-0.15, -0.1) is 0 Å². The summed E-state index contributed by atoms with van der Waals surface area (Å²) in [6.07, 6.45) is 15.6. The van der Waals surface area contributed by atoms with Gasteiger partial charge in [-0.3, -0.25) is 19.2 Å². The molecule has 1 N–H and O–H groups in total. The molecule has 0 saturated heterocycles. The summed E-state index contributed by atoms with van der Waals surface area (Å²) in [6, 6.07) is 0. The number of fused-ring (bicyclic) bond motifs is 7. The fourth-order valence-corrected chi connectivity index (χ4v) is 13.5. The number of esters is 3. The highest BCUT2D eigenvalue weighted by Gasteiger charge is 2.72. The van der Waals surface area contributed by atoms with E-state index < -0.39 is 5.41 Å². The maximum absolute atomic E-state index is 14.5. The first-order valence-electron chi connectivity index (χ1n) is 20.3. The normalized spacial score (nSPS) is 39.3. The minimum absolute atomic E-state index is 0.0350. The van der Waals surface area contributed by atoms with Gasteiger partial charge in [0.1, 0.15) is 12.7 Å². The molecule has 8 nitrogen and oxygen atoms in total. The number of hydrogen-bond acceptors (Lipinski definition) is 7. The zero-order valence-electron chi connectivity index (χ0n) is 33.3. The third-order valence-corrected chi connectivity index (χ3v) is 16.2. The molecule has 0 aliphatic heterocycles. The molecule has 0 bridgehead atoms. The Kier molecular flexibility index (Phi) is 11.8. The van der Waals surface area contributed by atoms with Gasteiger partial charge in [-0.2, -0.15) is 0 Å². The molecule has 288 valence electrons. The number of hydrogen-bond donors (Lipinski definition) is 1. The van der Waals surface area contributed by atoms with Crippen molar-refractivity contribution < 1.29 is 33.4 Å². The van der Waals surface area contributed by atoms with E-state index in [0.29, 0.717) is 30.7 Å². The van der Waals surface area contributed by atoms with Crippen LogP contribution in [-0.4, -0.2) is 50.2 Å². The second kappa shape index (κ2) is 15.2. The van der Waals surface area contributed by atoms with E-state index in [1.807, 2.05) is 0 Å². The molecule has 51 heavy (non-hydrogen) atoms. The summed E-state index contributed by atoms with van der Waals surface area (Å²) in [4.78, 5) is 49.9. The predicted molar refractivity (Wildman–Crippen MR) is 198 cm³/mol. The lowest BCUT2D eigenvalue weighted by Gasteiger charge is -2.72. The Bertz CT molecular complexity index is 1340.